The van der Waals surface area contributed by atoms with Gasteiger partial charge in [-0.15, -0.1) is 0 Å². The molecule has 33 heavy (non-hydrogen) atoms. The first kappa shape index (κ1) is 23.1. The van der Waals surface area contributed by atoms with E-state index in [0.717, 1.165) is 6.07 Å². The van der Waals surface area contributed by atoms with Crippen molar-refractivity contribution < 1.29 is 37.0 Å². The third-order valence-electron chi connectivity index (χ3n) is 6.29. The van der Waals surface area contributed by atoms with Gasteiger partial charge in [0.25, 0.3) is 0 Å². The van der Waals surface area contributed by atoms with Crippen molar-refractivity contribution in [3.05, 3.63) is 58.9 Å². The molecule has 1 aromatic heterocycles. The Balaban J connectivity index is 1.61. The van der Waals surface area contributed by atoms with Crippen molar-refractivity contribution in [2.45, 2.75) is 38.7 Å². The number of benzene rings is 1. The molecule has 2 unspecified atom stereocenters. The summed E-state index contributed by atoms with van der Waals surface area (Å²) in [6.45, 7) is -0.411. The van der Waals surface area contributed by atoms with Crippen LogP contribution in [0.5, 0.6) is 5.75 Å². The highest BCUT2D eigenvalue weighted by Gasteiger charge is 2.50. The first-order valence-corrected chi connectivity index (χ1v) is 10.6. The van der Waals surface area contributed by atoms with Crippen molar-refractivity contribution in [2.24, 2.45) is 17.8 Å². The highest BCUT2D eigenvalue weighted by atomic mass is 19.4. The fraction of sp³-hybridized carbons (Fsp3) is 0.417. The van der Waals surface area contributed by atoms with Crippen molar-refractivity contribution in [2.75, 3.05) is 7.11 Å². The van der Waals surface area contributed by atoms with Crippen LogP contribution in [0.1, 0.15) is 46.6 Å². The molecule has 4 rings (SSSR count). The number of methoxy groups -OCH3 is 1. The zero-order valence-electron chi connectivity index (χ0n) is 17.9. The third-order valence-corrected chi connectivity index (χ3v) is 6.29. The second kappa shape index (κ2) is 9.05. The van der Waals surface area contributed by atoms with Crippen LogP contribution in [0.4, 0.5) is 13.2 Å². The van der Waals surface area contributed by atoms with E-state index in [0.29, 0.717) is 36.6 Å². The predicted octanol–water partition coefficient (Wildman–Crippen LogP) is 4.19. The van der Waals surface area contributed by atoms with Gasteiger partial charge < -0.3 is 9.47 Å². The van der Waals surface area contributed by atoms with Gasteiger partial charge in [0.1, 0.15) is 17.4 Å². The molecule has 2 bridgehead atoms. The molecule has 6 nitrogen and oxygen atoms in total. The molecule has 1 aromatic carbocycles. The molecular formula is C24H22F3NO5. The van der Waals surface area contributed by atoms with Gasteiger partial charge in [-0.25, -0.2) is 4.98 Å². The lowest BCUT2D eigenvalue weighted by molar-refractivity contribution is -0.141. The Hall–Kier alpha value is -3.07. The van der Waals surface area contributed by atoms with Gasteiger partial charge in [-0.1, -0.05) is 18.2 Å². The lowest BCUT2D eigenvalue weighted by atomic mass is 9.75. The lowest BCUT2D eigenvalue weighted by Crippen LogP contribution is -2.42. The Kier molecular flexibility index (Phi) is 6.34. The quantitative estimate of drug-likeness (QED) is 0.454. The Morgan fingerprint density at radius 2 is 1.70 bits per heavy atom. The van der Waals surface area contributed by atoms with E-state index in [1.54, 1.807) is 24.3 Å². The number of nitrogens with zero attached hydrogens (tertiary/aromatic N) is 1. The molecule has 2 saturated carbocycles. The molecular weight excluding hydrogens is 439 g/mol. The number of carbonyl (C=O) groups excluding carboxylic acids is 3. The number of fused-ring (bicyclic) bond motifs is 2. The minimum absolute atomic E-state index is 0.000999. The van der Waals surface area contributed by atoms with Crippen LogP contribution in [0.25, 0.3) is 0 Å². The van der Waals surface area contributed by atoms with Crippen molar-refractivity contribution in [1.29, 1.82) is 0 Å². The van der Waals surface area contributed by atoms with Crippen molar-refractivity contribution in [3.8, 4) is 5.75 Å². The molecule has 0 aliphatic heterocycles. The summed E-state index contributed by atoms with van der Waals surface area (Å²) in [5.41, 5.74) is -0.982. The summed E-state index contributed by atoms with van der Waals surface area (Å²) < 4.78 is 50.6. The second-order valence-electron chi connectivity index (χ2n) is 8.30. The number of alkyl halides is 3. The van der Waals surface area contributed by atoms with Crippen molar-refractivity contribution in [1.82, 2.24) is 4.98 Å². The summed E-state index contributed by atoms with van der Waals surface area (Å²) in [4.78, 5) is 42.3. The van der Waals surface area contributed by atoms with Crippen LogP contribution in [0, 0.1) is 17.8 Å². The van der Waals surface area contributed by atoms with Crippen molar-refractivity contribution in [3.63, 3.8) is 0 Å². The summed E-state index contributed by atoms with van der Waals surface area (Å²) in [5.74, 6) is -3.34. The Morgan fingerprint density at radius 3 is 2.33 bits per heavy atom. The van der Waals surface area contributed by atoms with Gasteiger partial charge in [-0.05, 0) is 37.5 Å². The maximum absolute atomic E-state index is 13.3. The van der Waals surface area contributed by atoms with Gasteiger partial charge in [0.2, 0.25) is 0 Å². The molecule has 2 fully saturated rings. The fourth-order valence-electron chi connectivity index (χ4n) is 4.60. The topological polar surface area (TPSA) is 82.6 Å². The number of rotatable bonds is 7. The zero-order valence-corrected chi connectivity index (χ0v) is 17.9. The molecule has 174 valence electrons. The molecule has 2 atom stereocenters. The van der Waals surface area contributed by atoms with Crippen molar-refractivity contribution >= 4 is 17.3 Å². The van der Waals surface area contributed by atoms with Gasteiger partial charge in [-0.2, -0.15) is 13.2 Å². The number of pyridine rings is 1. The molecule has 0 spiro atoms. The van der Waals surface area contributed by atoms with E-state index in [9.17, 15) is 27.6 Å². The first-order chi connectivity index (χ1) is 15.7. The van der Waals surface area contributed by atoms with Crippen LogP contribution in [0.15, 0.2) is 36.4 Å². The highest BCUT2D eigenvalue weighted by Crippen LogP contribution is 2.41. The number of carbonyl (C=O) groups is 3. The maximum Gasteiger partial charge on any atom is 0.433 e. The molecule has 0 radical (unpaired) electrons. The minimum Gasteiger partial charge on any atom is -0.496 e. The molecule has 2 aliphatic carbocycles. The molecule has 0 saturated heterocycles. The molecule has 9 heteroatoms. The SMILES string of the molecule is COc1ccccc1COCc1nc(C(F)(F)F)ccc1C(=O)C1C(=O)C2CCC(C2)C1=O. The van der Waals surface area contributed by atoms with Crippen LogP contribution >= 0.6 is 0 Å². The van der Waals surface area contributed by atoms with Crippen LogP contribution in [0.3, 0.4) is 0 Å². The van der Waals surface area contributed by atoms with E-state index in [-0.39, 0.29) is 29.7 Å². The summed E-state index contributed by atoms with van der Waals surface area (Å²) >= 11 is 0. The van der Waals surface area contributed by atoms with E-state index < -0.39 is 41.7 Å². The van der Waals surface area contributed by atoms with Crippen LogP contribution < -0.4 is 4.74 Å². The zero-order chi connectivity index (χ0) is 23.8. The molecule has 0 N–H and O–H groups in total. The summed E-state index contributed by atoms with van der Waals surface area (Å²) in [5, 5.41) is 0. The Bertz CT molecular complexity index is 1080. The standard InChI is InChI=1S/C24H22F3NO5/c1-32-18-5-3-2-4-15(18)11-33-12-17-16(8-9-19(28-17)24(25,26)27)23(31)20-21(29)13-6-7-14(10-13)22(20)30/h2-5,8-9,13-14,20H,6-7,10-12H2,1H3. The lowest BCUT2D eigenvalue weighted by Gasteiger charge is -2.25. The van der Waals surface area contributed by atoms with E-state index in [4.69, 9.17) is 9.47 Å². The van der Waals surface area contributed by atoms with Gasteiger partial charge >= 0.3 is 6.18 Å². The number of hydrogen-bond acceptors (Lipinski definition) is 6. The minimum atomic E-state index is -4.73. The van der Waals surface area contributed by atoms with E-state index in [1.165, 1.54) is 7.11 Å². The summed E-state index contributed by atoms with van der Waals surface area (Å²) in [7, 11) is 1.48. The van der Waals surface area contributed by atoms with E-state index >= 15 is 0 Å². The highest BCUT2D eigenvalue weighted by molar-refractivity contribution is 6.26. The van der Waals surface area contributed by atoms with Gasteiger partial charge in [0.05, 0.1) is 26.0 Å². The van der Waals surface area contributed by atoms with Crippen LogP contribution in [-0.2, 0) is 33.7 Å². The average Bonchev–Trinajstić information content (AvgIpc) is 3.25. The van der Waals surface area contributed by atoms with Gasteiger partial charge in [0, 0.05) is 23.0 Å². The number of para-hydroxylation sites is 1. The summed E-state index contributed by atoms with van der Waals surface area (Å²) in [6, 6.07) is 8.64. The number of Topliss-reactive ketones (excluding diaryl/α,β-unsaturated/α-hetero) is 3. The fourth-order valence-corrected chi connectivity index (χ4v) is 4.60. The van der Waals surface area contributed by atoms with E-state index in [1.807, 2.05) is 0 Å². The number of ether oxygens (including phenoxy) is 2. The monoisotopic (exact) mass is 461 g/mol. The molecule has 0 amide bonds. The number of hydrogen-bond donors (Lipinski definition) is 0. The maximum atomic E-state index is 13.3. The average molecular weight is 461 g/mol. The molecule has 2 aromatic rings. The summed E-state index contributed by atoms with van der Waals surface area (Å²) in [6.07, 6.45) is -3.17. The Morgan fingerprint density at radius 1 is 1.03 bits per heavy atom. The number of halogens is 3. The van der Waals surface area contributed by atoms with Crippen LogP contribution in [0.2, 0.25) is 0 Å². The first-order valence-electron chi connectivity index (χ1n) is 10.6. The second-order valence-corrected chi connectivity index (χ2v) is 8.30. The van der Waals surface area contributed by atoms with Crippen LogP contribution in [-0.4, -0.2) is 29.4 Å². The normalized spacial score (nSPS) is 22.5. The number of ketones is 3. The number of aromatic nitrogens is 1. The van der Waals surface area contributed by atoms with Gasteiger partial charge in [-0.3, -0.25) is 14.4 Å². The Labute approximate surface area is 188 Å². The molecule has 2 aliphatic rings. The smallest absolute Gasteiger partial charge is 0.433 e. The van der Waals surface area contributed by atoms with E-state index in [2.05, 4.69) is 4.98 Å². The largest absolute Gasteiger partial charge is 0.496 e. The molecule has 1 heterocycles. The van der Waals surface area contributed by atoms with Gasteiger partial charge in [0.15, 0.2) is 17.3 Å². The third kappa shape index (κ3) is 4.55. The predicted molar refractivity (Wildman–Crippen MR) is 109 cm³/mol.